The first-order valence-corrected chi connectivity index (χ1v) is 6.26. The summed E-state index contributed by atoms with van der Waals surface area (Å²) in [5, 5.41) is 3.24. The molecule has 0 amide bonds. The monoisotopic (exact) mass is 274 g/mol. The summed E-state index contributed by atoms with van der Waals surface area (Å²) in [6.07, 6.45) is -2.55. The summed E-state index contributed by atoms with van der Waals surface area (Å²) in [5.74, 6) is -0.179. The Balaban J connectivity index is 1.95. The van der Waals surface area contributed by atoms with E-state index in [9.17, 15) is 13.2 Å². The minimum absolute atomic E-state index is 0.179. The van der Waals surface area contributed by atoms with Crippen LogP contribution in [0.2, 0.25) is 0 Å². The maximum Gasteiger partial charge on any atom is 0.573 e. The Labute approximate surface area is 110 Å². The molecular weight excluding hydrogens is 257 g/mol. The summed E-state index contributed by atoms with van der Waals surface area (Å²) < 4.78 is 40.0. The van der Waals surface area contributed by atoms with E-state index in [-0.39, 0.29) is 5.75 Å². The third-order valence-electron chi connectivity index (χ3n) is 3.34. The highest BCUT2D eigenvalue weighted by molar-refractivity contribution is 5.49. The predicted octanol–water partition coefficient (Wildman–Crippen LogP) is 2.77. The molecule has 0 aromatic heterocycles. The zero-order valence-corrected chi connectivity index (χ0v) is 10.7. The smallest absolute Gasteiger partial charge is 0.406 e. The van der Waals surface area contributed by atoms with E-state index in [2.05, 4.69) is 15.0 Å². The molecule has 1 N–H and O–H groups in total. The molecule has 0 unspecified atom stereocenters. The van der Waals surface area contributed by atoms with Crippen LogP contribution in [0.4, 0.5) is 18.9 Å². The van der Waals surface area contributed by atoms with Crippen molar-refractivity contribution in [3.05, 3.63) is 24.3 Å². The predicted molar refractivity (Wildman–Crippen MR) is 67.4 cm³/mol. The van der Waals surface area contributed by atoms with Gasteiger partial charge in [-0.1, -0.05) is 0 Å². The molecule has 0 aliphatic carbocycles. The van der Waals surface area contributed by atoms with Gasteiger partial charge in [0.05, 0.1) is 0 Å². The number of hydrogen-bond acceptors (Lipinski definition) is 3. The zero-order valence-electron chi connectivity index (χ0n) is 10.7. The number of nitrogens with one attached hydrogen (secondary N) is 1. The average molecular weight is 274 g/mol. The van der Waals surface area contributed by atoms with Gasteiger partial charge in [0.25, 0.3) is 0 Å². The molecule has 3 nitrogen and oxygen atoms in total. The first kappa shape index (κ1) is 14.0. The van der Waals surface area contributed by atoms with Gasteiger partial charge in [-0.3, -0.25) is 0 Å². The van der Waals surface area contributed by atoms with E-state index in [1.54, 1.807) is 12.1 Å². The van der Waals surface area contributed by atoms with Crippen LogP contribution in [0.3, 0.4) is 0 Å². The Bertz CT molecular complexity index is 397. The largest absolute Gasteiger partial charge is 0.573 e. The number of piperidine rings is 1. The number of benzene rings is 1. The molecule has 0 radical (unpaired) electrons. The molecule has 6 heteroatoms. The zero-order chi connectivity index (χ0) is 13.9. The molecule has 1 aliphatic heterocycles. The van der Waals surface area contributed by atoms with Crippen molar-refractivity contribution in [3.63, 3.8) is 0 Å². The summed E-state index contributed by atoms with van der Waals surface area (Å²) in [6, 6.07) is 6.57. The van der Waals surface area contributed by atoms with Crippen LogP contribution in [0.25, 0.3) is 0 Å². The van der Waals surface area contributed by atoms with Crippen LogP contribution >= 0.6 is 0 Å². The molecule has 2 rings (SSSR count). The molecule has 0 bridgehead atoms. The van der Waals surface area contributed by atoms with Crippen molar-refractivity contribution in [2.45, 2.75) is 25.2 Å². The summed E-state index contributed by atoms with van der Waals surface area (Å²) >= 11 is 0. The lowest BCUT2D eigenvalue weighted by atomic mass is 10.0. The quantitative estimate of drug-likeness (QED) is 0.917. The summed E-state index contributed by atoms with van der Waals surface area (Å²) in [4.78, 5) is 2.17. The number of alkyl halides is 3. The fourth-order valence-electron chi connectivity index (χ4n) is 2.28. The summed E-state index contributed by atoms with van der Waals surface area (Å²) in [7, 11) is 1.95. The Morgan fingerprint density at radius 2 is 1.74 bits per heavy atom. The van der Waals surface area contributed by atoms with E-state index < -0.39 is 6.36 Å². The number of rotatable bonds is 3. The van der Waals surface area contributed by atoms with Crippen LogP contribution < -0.4 is 15.0 Å². The average Bonchev–Trinajstić information content (AvgIpc) is 2.38. The van der Waals surface area contributed by atoms with Crippen molar-refractivity contribution in [3.8, 4) is 5.75 Å². The molecule has 1 aromatic carbocycles. The van der Waals surface area contributed by atoms with Gasteiger partial charge in [-0.15, -0.1) is 13.2 Å². The maximum atomic E-state index is 12.0. The van der Waals surface area contributed by atoms with E-state index >= 15 is 0 Å². The summed E-state index contributed by atoms with van der Waals surface area (Å²) in [6.45, 7) is 1.82. The van der Waals surface area contributed by atoms with Crippen molar-refractivity contribution < 1.29 is 17.9 Å². The fourth-order valence-corrected chi connectivity index (χ4v) is 2.28. The lowest BCUT2D eigenvalue weighted by molar-refractivity contribution is -0.274. The van der Waals surface area contributed by atoms with Crippen LogP contribution in [0, 0.1) is 0 Å². The molecule has 1 aliphatic rings. The van der Waals surface area contributed by atoms with Gasteiger partial charge in [0.1, 0.15) is 5.75 Å². The Hall–Kier alpha value is -1.43. The highest BCUT2D eigenvalue weighted by Gasteiger charge is 2.31. The topological polar surface area (TPSA) is 24.5 Å². The van der Waals surface area contributed by atoms with Gasteiger partial charge in [-0.2, -0.15) is 0 Å². The molecule has 1 heterocycles. The van der Waals surface area contributed by atoms with Gasteiger partial charge in [0.2, 0.25) is 0 Å². The van der Waals surface area contributed by atoms with E-state index in [1.807, 2.05) is 7.05 Å². The Kier molecular flexibility index (Phi) is 4.19. The number of halogens is 3. The Morgan fingerprint density at radius 1 is 1.16 bits per heavy atom. The molecule has 106 valence electrons. The SMILES string of the molecule is CNC1CCN(c2ccc(OC(F)(F)F)cc2)CC1. The molecule has 1 fully saturated rings. The van der Waals surface area contributed by atoms with Crippen LogP contribution in [0.5, 0.6) is 5.75 Å². The second-order valence-electron chi connectivity index (χ2n) is 4.59. The third kappa shape index (κ3) is 4.02. The van der Waals surface area contributed by atoms with E-state index in [0.717, 1.165) is 31.6 Å². The number of hydrogen-bond donors (Lipinski definition) is 1. The molecule has 0 spiro atoms. The normalized spacial score (nSPS) is 17.6. The second-order valence-corrected chi connectivity index (χ2v) is 4.59. The van der Waals surface area contributed by atoms with Gasteiger partial charge < -0.3 is 15.0 Å². The van der Waals surface area contributed by atoms with Gasteiger partial charge in [0, 0.05) is 24.8 Å². The van der Waals surface area contributed by atoms with Crippen molar-refractivity contribution in [1.82, 2.24) is 5.32 Å². The highest BCUT2D eigenvalue weighted by Crippen LogP contribution is 2.26. The van der Waals surface area contributed by atoms with Crippen LogP contribution in [-0.2, 0) is 0 Å². The van der Waals surface area contributed by atoms with Crippen molar-refractivity contribution in [2.24, 2.45) is 0 Å². The van der Waals surface area contributed by atoms with Gasteiger partial charge in [0.15, 0.2) is 0 Å². The highest BCUT2D eigenvalue weighted by atomic mass is 19.4. The number of ether oxygens (including phenoxy) is 1. The molecule has 0 saturated carbocycles. The van der Waals surface area contributed by atoms with Crippen LogP contribution in [-0.4, -0.2) is 32.5 Å². The first-order valence-electron chi connectivity index (χ1n) is 6.26. The van der Waals surface area contributed by atoms with Gasteiger partial charge in [-0.05, 0) is 44.2 Å². The molecule has 1 saturated heterocycles. The molecule has 0 atom stereocenters. The van der Waals surface area contributed by atoms with Crippen LogP contribution in [0.15, 0.2) is 24.3 Å². The second kappa shape index (κ2) is 5.69. The van der Waals surface area contributed by atoms with E-state index in [0.29, 0.717) is 6.04 Å². The molecular formula is C13H17F3N2O. The van der Waals surface area contributed by atoms with Gasteiger partial charge in [-0.25, -0.2) is 0 Å². The molecule has 19 heavy (non-hydrogen) atoms. The minimum atomic E-state index is -4.63. The number of anilines is 1. The van der Waals surface area contributed by atoms with Crippen molar-refractivity contribution in [1.29, 1.82) is 0 Å². The summed E-state index contributed by atoms with van der Waals surface area (Å²) in [5.41, 5.74) is 0.934. The van der Waals surface area contributed by atoms with E-state index in [1.165, 1.54) is 12.1 Å². The number of nitrogens with zero attached hydrogens (tertiary/aromatic N) is 1. The van der Waals surface area contributed by atoms with E-state index in [4.69, 9.17) is 0 Å². The lowest BCUT2D eigenvalue weighted by Gasteiger charge is -2.33. The standard InChI is InChI=1S/C13H17F3N2O/c1-17-10-6-8-18(9-7-10)11-2-4-12(5-3-11)19-13(14,15)16/h2-5,10,17H,6-9H2,1H3. The van der Waals surface area contributed by atoms with Crippen molar-refractivity contribution >= 4 is 5.69 Å². The van der Waals surface area contributed by atoms with Crippen LogP contribution in [0.1, 0.15) is 12.8 Å². The van der Waals surface area contributed by atoms with Gasteiger partial charge >= 0.3 is 6.36 Å². The fraction of sp³-hybridized carbons (Fsp3) is 0.538. The maximum absolute atomic E-state index is 12.0. The molecule has 1 aromatic rings. The first-order chi connectivity index (χ1) is 8.98. The van der Waals surface area contributed by atoms with Crippen molar-refractivity contribution in [2.75, 3.05) is 25.0 Å². The lowest BCUT2D eigenvalue weighted by Crippen LogP contribution is -2.41. The minimum Gasteiger partial charge on any atom is -0.406 e. The Morgan fingerprint density at radius 3 is 2.21 bits per heavy atom. The third-order valence-corrected chi connectivity index (χ3v) is 3.34.